The number of thiazole rings is 1. The molecule has 0 saturated carbocycles. The van der Waals surface area contributed by atoms with Crippen molar-refractivity contribution in [2.24, 2.45) is 11.7 Å². The van der Waals surface area contributed by atoms with Crippen LogP contribution in [-0.2, 0) is 4.79 Å². The molecule has 4 aromatic rings. The monoisotopic (exact) mass is 404 g/mol. The predicted octanol–water partition coefficient (Wildman–Crippen LogP) is 3.55. The first-order valence-corrected chi connectivity index (χ1v) is 10.5. The summed E-state index contributed by atoms with van der Waals surface area (Å²) in [6, 6.07) is 15.9. The van der Waals surface area contributed by atoms with E-state index in [0.717, 1.165) is 26.4 Å². The number of likely N-dealkylation sites (tertiary alicyclic amines) is 1. The third-order valence-electron chi connectivity index (χ3n) is 5.60. The van der Waals surface area contributed by atoms with Gasteiger partial charge in [-0.05, 0) is 31.0 Å². The van der Waals surface area contributed by atoms with Crippen molar-refractivity contribution in [3.05, 3.63) is 60.3 Å². The van der Waals surface area contributed by atoms with Crippen molar-refractivity contribution in [1.29, 1.82) is 0 Å². The van der Waals surface area contributed by atoms with E-state index in [1.165, 1.54) is 0 Å². The number of hydrogen-bond donors (Lipinski definition) is 1. The van der Waals surface area contributed by atoms with Crippen LogP contribution in [0.5, 0.6) is 0 Å². The van der Waals surface area contributed by atoms with Gasteiger partial charge in [0.25, 0.3) is 5.91 Å². The quantitative estimate of drug-likeness (QED) is 0.567. The molecule has 0 radical (unpaired) electrons. The van der Waals surface area contributed by atoms with Crippen molar-refractivity contribution in [1.82, 2.24) is 14.3 Å². The molecule has 0 spiro atoms. The summed E-state index contributed by atoms with van der Waals surface area (Å²) < 4.78 is 3.11. The Balaban J connectivity index is 1.42. The van der Waals surface area contributed by atoms with Crippen LogP contribution in [0, 0.1) is 5.92 Å². The molecule has 1 aliphatic heterocycles. The highest BCUT2D eigenvalue weighted by molar-refractivity contribution is 7.23. The average molecular weight is 404 g/mol. The minimum atomic E-state index is -0.268. The highest BCUT2D eigenvalue weighted by Gasteiger charge is 2.26. The molecule has 1 aliphatic rings. The van der Waals surface area contributed by atoms with Gasteiger partial charge < -0.3 is 10.6 Å². The van der Waals surface area contributed by atoms with Crippen LogP contribution < -0.4 is 5.73 Å². The molecule has 29 heavy (non-hydrogen) atoms. The van der Waals surface area contributed by atoms with Gasteiger partial charge in [-0.2, -0.15) is 0 Å². The van der Waals surface area contributed by atoms with Crippen molar-refractivity contribution < 1.29 is 9.59 Å². The van der Waals surface area contributed by atoms with Crippen LogP contribution in [0.2, 0.25) is 0 Å². The van der Waals surface area contributed by atoms with Gasteiger partial charge in [0.2, 0.25) is 5.91 Å². The van der Waals surface area contributed by atoms with Gasteiger partial charge in [-0.15, -0.1) is 0 Å². The lowest BCUT2D eigenvalue weighted by Gasteiger charge is -2.30. The number of hydrogen-bond acceptors (Lipinski definition) is 4. The fraction of sp³-hybridized carbons (Fsp3) is 0.227. The maximum atomic E-state index is 12.9. The second-order valence-corrected chi connectivity index (χ2v) is 8.41. The zero-order valence-corrected chi connectivity index (χ0v) is 16.6. The number of rotatable bonds is 3. The number of piperidine rings is 1. The maximum Gasteiger partial charge on any atom is 0.253 e. The smallest absolute Gasteiger partial charge is 0.253 e. The summed E-state index contributed by atoms with van der Waals surface area (Å²) in [6.07, 6.45) is 3.32. The number of imidazole rings is 1. The van der Waals surface area contributed by atoms with Crippen LogP contribution in [0.25, 0.3) is 26.4 Å². The highest BCUT2D eigenvalue weighted by Crippen LogP contribution is 2.30. The van der Waals surface area contributed by atoms with E-state index in [0.29, 0.717) is 31.5 Å². The van der Waals surface area contributed by atoms with Crippen LogP contribution in [0.3, 0.4) is 0 Å². The lowest BCUT2D eigenvalue weighted by Crippen LogP contribution is -2.41. The molecule has 2 aromatic heterocycles. The summed E-state index contributed by atoms with van der Waals surface area (Å²) in [4.78, 5) is 31.7. The van der Waals surface area contributed by atoms with Gasteiger partial charge in [-0.1, -0.05) is 41.7 Å². The molecule has 0 atom stereocenters. The summed E-state index contributed by atoms with van der Waals surface area (Å²) in [7, 11) is 0. The molecular weight excluding hydrogens is 384 g/mol. The Morgan fingerprint density at radius 3 is 2.55 bits per heavy atom. The third-order valence-corrected chi connectivity index (χ3v) is 6.61. The molecular formula is C22H20N4O2S. The zero-order valence-electron chi connectivity index (χ0n) is 15.7. The SMILES string of the molecule is NC(=O)C1CCN(C(=O)c2ccc3c(c2)sc2nc(-c4ccccc4)cn23)CC1. The van der Waals surface area contributed by atoms with E-state index in [2.05, 4.69) is 4.40 Å². The molecule has 146 valence electrons. The van der Waals surface area contributed by atoms with E-state index in [1.54, 1.807) is 11.3 Å². The third kappa shape index (κ3) is 3.17. The summed E-state index contributed by atoms with van der Waals surface area (Å²) in [6.45, 7) is 1.14. The summed E-state index contributed by atoms with van der Waals surface area (Å²) in [5, 5.41) is 0. The number of fused-ring (bicyclic) bond motifs is 3. The van der Waals surface area contributed by atoms with E-state index in [4.69, 9.17) is 10.7 Å². The van der Waals surface area contributed by atoms with E-state index in [-0.39, 0.29) is 17.7 Å². The molecule has 0 unspecified atom stereocenters. The second-order valence-electron chi connectivity index (χ2n) is 7.40. The molecule has 2 N–H and O–H groups in total. The second kappa shape index (κ2) is 7.00. The first-order valence-electron chi connectivity index (χ1n) is 9.66. The Bertz CT molecular complexity index is 1220. The standard InChI is InChI=1S/C22H20N4O2S/c23-20(27)15-8-10-25(11-9-15)21(28)16-6-7-18-19(12-16)29-22-24-17(13-26(18)22)14-4-2-1-3-5-14/h1-7,12-13,15H,8-11H2,(H2,23,27). The highest BCUT2D eigenvalue weighted by atomic mass is 32.1. The Morgan fingerprint density at radius 2 is 1.83 bits per heavy atom. The minimum Gasteiger partial charge on any atom is -0.369 e. The van der Waals surface area contributed by atoms with Crippen LogP contribution >= 0.6 is 11.3 Å². The van der Waals surface area contributed by atoms with Crippen LogP contribution in [0.15, 0.2) is 54.7 Å². The fourth-order valence-corrected chi connectivity index (χ4v) is 4.98. The van der Waals surface area contributed by atoms with Crippen LogP contribution in [0.1, 0.15) is 23.2 Å². The molecule has 7 heteroatoms. The topological polar surface area (TPSA) is 80.7 Å². The Hall–Kier alpha value is -3.19. The Morgan fingerprint density at radius 1 is 1.07 bits per heavy atom. The zero-order chi connectivity index (χ0) is 20.0. The molecule has 2 aromatic carbocycles. The van der Waals surface area contributed by atoms with Crippen molar-refractivity contribution in [2.75, 3.05) is 13.1 Å². The number of carbonyl (C=O) groups excluding carboxylic acids is 2. The molecule has 3 heterocycles. The summed E-state index contributed by atoms with van der Waals surface area (Å²) >= 11 is 1.58. The van der Waals surface area contributed by atoms with Crippen molar-refractivity contribution in [2.45, 2.75) is 12.8 Å². The lowest BCUT2D eigenvalue weighted by atomic mass is 9.96. The Kier molecular flexibility index (Phi) is 4.32. The van der Waals surface area contributed by atoms with Crippen molar-refractivity contribution >= 4 is 38.3 Å². The number of amides is 2. The molecule has 5 rings (SSSR count). The first-order chi connectivity index (χ1) is 14.1. The minimum absolute atomic E-state index is 0.00540. The number of primary amides is 1. The first kappa shape index (κ1) is 17.9. The molecule has 6 nitrogen and oxygen atoms in total. The van der Waals surface area contributed by atoms with Gasteiger partial charge in [0.05, 0.1) is 15.9 Å². The fourth-order valence-electron chi connectivity index (χ4n) is 3.93. The average Bonchev–Trinajstić information content (AvgIpc) is 3.31. The number of aromatic nitrogens is 2. The van der Waals surface area contributed by atoms with Gasteiger partial charge in [0.15, 0.2) is 4.96 Å². The number of nitrogens with zero attached hydrogens (tertiary/aromatic N) is 3. The van der Waals surface area contributed by atoms with E-state index in [1.807, 2.05) is 59.6 Å². The van der Waals surface area contributed by atoms with Crippen molar-refractivity contribution in [3.63, 3.8) is 0 Å². The Labute approximate surface area is 171 Å². The van der Waals surface area contributed by atoms with E-state index < -0.39 is 0 Å². The van der Waals surface area contributed by atoms with Gasteiger partial charge >= 0.3 is 0 Å². The molecule has 0 aliphatic carbocycles. The van der Waals surface area contributed by atoms with Gasteiger partial charge in [0.1, 0.15) is 0 Å². The van der Waals surface area contributed by atoms with Gasteiger partial charge in [-0.25, -0.2) is 4.98 Å². The molecule has 0 bridgehead atoms. The van der Waals surface area contributed by atoms with E-state index in [9.17, 15) is 9.59 Å². The summed E-state index contributed by atoms with van der Waals surface area (Å²) in [5.74, 6) is -0.383. The predicted molar refractivity (Wildman–Crippen MR) is 114 cm³/mol. The van der Waals surface area contributed by atoms with Gasteiger partial charge in [0, 0.05) is 36.3 Å². The molecule has 1 fully saturated rings. The maximum absolute atomic E-state index is 12.9. The van der Waals surface area contributed by atoms with Crippen LogP contribution in [0.4, 0.5) is 0 Å². The molecule has 2 amide bonds. The van der Waals surface area contributed by atoms with E-state index >= 15 is 0 Å². The summed E-state index contributed by atoms with van der Waals surface area (Å²) in [5.41, 5.74) is 9.13. The van der Waals surface area contributed by atoms with Crippen LogP contribution in [-0.4, -0.2) is 39.2 Å². The molecule has 1 saturated heterocycles. The number of nitrogens with two attached hydrogens (primary N) is 1. The largest absolute Gasteiger partial charge is 0.369 e. The van der Waals surface area contributed by atoms with Gasteiger partial charge in [-0.3, -0.25) is 14.0 Å². The lowest BCUT2D eigenvalue weighted by molar-refractivity contribution is -0.123. The number of benzene rings is 2. The number of carbonyl (C=O) groups is 2. The normalized spacial score (nSPS) is 15.2. The van der Waals surface area contributed by atoms with Crippen molar-refractivity contribution in [3.8, 4) is 11.3 Å².